The number of nitrogens with two attached hydrogens (primary N) is 1. The Morgan fingerprint density at radius 1 is 1.50 bits per heavy atom. The van der Waals surface area contributed by atoms with Crippen LogP contribution in [0.25, 0.3) is 0 Å². The highest BCUT2D eigenvalue weighted by Gasteiger charge is 2.30. The molecule has 0 aromatic heterocycles. The number of amides is 2. The Labute approximate surface area is 117 Å². The van der Waals surface area contributed by atoms with Gasteiger partial charge in [0.25, 0.3) is 5.91 Å². The third kappa shape index (κ3) is 2.84. The number of nitrogens with one attached hydrogen (secondary N) is 1. The van der Waals surface area contributed by atoms with E-state index in [2.05, 4.69) is 5.32 Å². The molecule has 6 heteroatoms. The largest absolute Gasteiger partial charge is 0.494 e. The molecule has 0 bridgehead atoms. The van der Waals surface area contributed by atoms with Gasteiger partial charge in [0.05, 0.1) is 6.61 Å². The molecule has 1 aliphatic heterocycles. The molecule has 2 amide bonds. The molecule has 1 atom stereocenters. The standard InChI is InChI=1S/C14H19N3O3/c1-3-20-12-7-10(6-11(15)8-12)14(19)17-5-4-16-13(18)9(17)2/h6-9H,3-5,15H2,1-2H3,(H,16,18). The van der Waals surface area contributed by atoms with Crippen LogP contribution in [0.4, 0.5) is 5.69 Å². The average molecular weight is 277 g/mol. The van der Waals surface area contributed by atoms with Gasteiger partial charge >= 0.3 is 0 Å². The smallest absolute Gasteiger partial charge is 0.254 e. The number of benzene rings is 1. The summed E-state index contributed by atoms with van der Waals surface area (Å²) < 4.78 is 5.38. The van der Waals surface area contributed by atoms with Crippen molar-refractivity contribution in [1.29, 1.82) is 0 Å². The minimum atomic E-state index is -0.478. The molecule has 1 aromatic carbocycles. The van der Waals surface area contributed by atoms with E-state index >= 15 is 0 Å². The molecule has 6 nitrogen and oxygen atoms in total. The Balaban J connectivity index is 2.26. The number of nitrogens with zero attached hydrogens (tertiary/aromatic N) is 1. The third-order valence-corrected chi connectivity index (χ3v) is 3.25. The van der Waals surface area contributed by atoms with Crippen LogP contribution in [0.3, 0.4) is 0 Å². The van der Waals surface area contributed by atoms with Gasteiger partial charge in [-0.05, 0) is 26.0 Å². The van der Waals surface area contributed by atoms with Gasteiger partial charge in [0, 0.05) is 30.4 Å². The predicted octanol–water partition coefficient (Wildman–Crippen LogP) is 0.628. The van der Waals surface area contributed by atoms with Crippen molar-refractivity contribution in [3.05, 3.63) is 23.8 Å². The van der Waals surface area contributed by atoms with Crippen molar-refractivity contribution in [2.75, 3.05) is 25.4 Å². The predicted molar refractivity (Wildman–Crippen MR) is 75.5 cm³/mol. The van der Waals surface area contributed by atoms with Gasteiger partial charge in [-0.1, -0.05) is 0 Å². The summed E-state index contributed by atoms with van der Waals surface area (Å²) in [6, 6.07) is 4.45. The van der Waals surface area contributed by atoms with E-state index in [1.54, 1.807) is 30.0 Å². The highest BCUT2D eigenvalue weighted by Crippen LogP contribution is 2.21. The number of rotatable bonds is 3. The van der Waals surface area contributed by atoms with Crippen LogP contribution in [0.2, 0.25) is 0 Å². The van der Waals surface area contributed by atoms with Crippen molar-refractivity contribution in [2.45, 2.75) is 19.9 Å². The quantitative estimate of drug-likeness (QED) is 0.794. The molecule has 1 heterocycles. The Hall–Kier alpha value is -2.24. The fraction of sp³-hybridized carbons (Fsp3) is 0.429. The highest BCUT2D eigenvalue weighted by atomic mass is 16.5. The van der Waals surface area contributed by atoms with Crippen LogP contribution >= 0.6 is 0 Å². The average Bonchev–Trinajstić information content (AvgIpc) is 2.41. The maximum atomic E-state index is 12.5. The zero-order valence-electron chi connectivity index (χ0n) is 11.7. The molecule has 1 unspecified atom stereocenters. The van der Waals surface area contributed by atoms with E-state index in [-0.39, 0.29) is 11.8 Å². The minimum Gasteiger partial charge on any atom is -0.494 e. The lowest BCUT2D eigenvalue weighted by atomic mass is 10.1. The SMILES string of the molecule is CCOc1cc(N)cc(C(=O)N2CCNC(=O)C2C)c1. The van der Waals surface area contributed by atoms with Gasteiger partial charge in [0.15, 0.2) is 0 Å². The number of piperazine rings is 1. The van der Waals surface area contributed by atoms with Crippen LogP contribution in [0.1, 0.15) is 24.2 Å². The van der Waals surface area contributed by atoms with Crippen LogP contribution in [0.15, 0.2) is 18.2 Å². The molecular weight excluding hydrogens is 258 g/mol. The summed E-state index contributed by atoms with van der Waals surface area (Å²) in [5, 5.41) is 2.73. The van der Waals surface area contributed by atoms with E-state index in [1.807, 2.05) is 6.92 Å². The first-order chi connectivity index (χ1) is 9.52. The molecule has 3 N–H and O–H groups in total. The number of hydrogen-bond donors (Lipinski definition) is 2. The first-order valence-electron chi connectivity index (χ1n) is 6.65. The van der Waals surface area contributed by atoms with Crippen LogP contribution in [0, 0.1) is 0 Å². The van der Waals surface area contributed by atoms with Crippen molar-refractivity contribution < 1.29 is 14.3 Å². The monoisotopic (exact) mass is 277 g/mol. The zero-order valence-corrected chi connectivity index (χ0v) is 11.7. The summed E-state index contributed by atoms with van der Waals surface area (Å²) in [5.74, 6) is 0.212. The third-order valence-electron chi connectivity index (χ3n) is 3.25. The molecule has 1 fully saturated rings. The maximum Gasteiger partial charge on any atom is 0.254 e. The van der Waals surface area contributed by atoms with Crippen LogP contribution in [0.5, 0.6) is 5.75 Å². The number of carbonyl (C=O) groups excluding carboxylic acids is 2. The molecule has 0 spiro atoms. The normalized spacial score (nSPS) is 18.6. The highest BCUT2D eigenvalue weighted by molar-refractivity contribution is 5.99. The first-order valence-corrected chi connectivity index (χ1v) is 6.65. The first kappa shape index (κ1) is 14.2. The second-order valence-corrected chi connectivity index (χ2v) is 4.69. The summed E-state index contributed by atoms with van der Waals surface area (Å²) in [5.41, 5.74) is 6.69. The Bertz CT molecular complexity index is 530. The molecule has 1 aromatic rings. The molecular formula is C14H19N3O3. The van der Waals surface area contributed by atoms with E-state index in [1.165, 1.54) is 0 Å². The number of carbonyl (C=O) groups is 2. The maximum absolute atomic E-state index is 12.5. The molecule has 0 saturated carbocycles. The molecule has 2 rings (SSSR count). The Morgan fingerprint density at radius 3 is 2.95 bits per heavy atom. The lowest BCUT2D eigenvalue weighted by Crippen LogP contribution is -2.55. The fourth-order valence-corrected chi connectivity index (χ4v) is 2.22. The molecule has 108 valence electrons. The van der Waals surface area contributed by atoms with Crippen molar-refractivity contribution >= 4 is 17.5 Å². The van der Waals surface area contributed by atoms with Crippen molar-refractivity contribution in [3.63, 3.8) is 0 Å². The molecule has 1 saturated heterocycles. The second-order valence-electron chi connectivity index (χ2n) is 4.69. The van der Waals surface area contributed by atoms with E-state index in [9.17, 15) is 9.59 Å². The van der Waals surface area contributed by atoms with Gasteiger partial charge < -0.3 is 20.7 Å². The lowest BCUT2D eigenvalue weighted by Gasteiger charge is -2.33. The lowest BCUT2D eigenvalue weighted by molar-refractivity contribution is -0.127. The van der Waals surface area contributed by atoms with Gasteiger partial charge in [-0.25, -0.2) is 0 Å². The molecule has 1 aliphatic rings. The van der Waals surface area contributed by atoms with Crippen molar-refractivity contribution in [2.24, 2.45) is 0 Å². The summed E-state index contributed by atoms with van der Waals surface area (Å²) in [6.45, 7) is 5.03. The molecule has 20 heavy (non-hydrogen) atoms. The summed E-state index contributed by atoms with van der Waals surface area (Å²) in [6.07, 6.45) is 0. The summed E-state index contributed by atoms with van der Waals surface area (Å²) in [4.78, 5) is 25.7. The Morgan fingerprint density at radius 2 is 2.25 bits per heavy atom. The van der Waals surface area contributed by atoms with Crippen LogP contribution < -0.4 is 15.8 Å². The van der Waals surface area contributed by atoms with E-state index < -0.39 is 6.04 Å². The van der Waals surface area contributed by atoms with Gasteiger partial charge in [0.2, 0.25) is 5.91 Å². The van der Waals surface area contributed by atoms with E-state index in [0.717, 1.165) is 0 Å². The topological polar surface area (TPSA) is 84.7 Å². The Kier molecular flexibility index (Phi) is 4.12. The minimum absolute atomic E-state index is 0.140. The summed E-state index contributed by atoms with van der Waals surface area (Å²) in [7, 11) is 0. The van der Waals surface area contributed by atoms with E-state index in [0.29, 0.717) is 36.7 Å². The van der Waals surface area contributed by atoms with Gasteiger partial charge in [-0.15, -0.1) is 0 Å². The fourth-order valence-electron chi connectivity index (χ4n) is 2.22. The van der Waals surface area contributed by atoms with Crippen LogP contribution in [-0.4, -0.2) is 42.5 Å². The second kappa shape index (κ2) is 5.81. The van der Waals surface area contributed by atoms with Gasteiger partial charge in [0.1, 0.15) is 11.8 Å². The van der Waals surface area contributed by atoms with Gasteiger partial charge in [-0.3, -0.25) is 9.59 Å². The van der Waals surface area contributed by atoms with Crippen molar-refractivity contribution in [1.82, 2.24) is 10.2 Å². The molecule has 0 radical (unpaired) electrons. The van der Waals surface area contributed by atoms with Crippen molar-refractivity contribution in [3.8, 4) is 5.75 Å². The number of anilines is 1. The zero-order chi connectivity index (χ0) is 14.7. The summed E-state index contributed by atoms with van der Waals surface area (Å²) >= 11 is 0. The number of ether oxygens (including phenoxy) is 1. The number of nitrogen functional groups attached to an aromatic ring is 1. The van der Waals surface area contributed by atoms with Gasteiger partial charge in [-0.2, -0.15) is 0 Å². The van der Waals surface area contributed by atoms with Crippen LogP contribution in [-0.2, 0) is 4.79 Å². The molecule has 0 aliphatic carbocycles. The number of hydrogen-bond acceptors (Lipinski definition) is 4. The van der Waals surface area contributed by atoms with E-state index in [4.69, 9.17) is 10.5 Å².